The van der Waals surface area contributed by atoms with Gasteiger partial charge in [-0.15, -0.1) is 11.6 Å². The minimum absolute atomic E-state index is 0.757. The topological polar surface area (TPSA) is 3.24 Å². The van der Waals surface area contributed by atoms with Gasteiger partial charge in [0.15, 0.2) is 0 Å². The van der Waals surface area contributed by atoms with E-state index < -0.39 is 0 Å². The van der Waals surface area contributed by atoms with Crippen LogP contribution in [0.1, 0.15) is 46.0 Å². The average Bonchev–Trinajstić information content (AvgIpc) is 2.25. The van der Waals surface area contributed by atoms with Gasteiger partial charge in [-0.2, -0.15) is 0 Å². The predicted molar refractivity (Wildman–Crippen MR) is 68.6 cm³/mol. The Morgan fingerprint density at radius 2 is 1.93 bits per heavy atom. The van der Waals surface area contributed by atoms with Crippen LogP contribution in [-0.2, 0) is 0 Å². The highest BCUT2D eigenvalue weighted by atomic mass is 35.5. The van der Waals surface area contributed by atoms with Gasteiger partial charge in [0.2, 0.25) is 0 Å². The van der Waals surface area contributed by atoms with E-state index in [-0.39, 0.29) is 0 Å². The molecule has 0 unspecified atom stereocenters. The standard InChI is InChI=1S/C13H24ClN/c1-12(2)8-10-15(11-9-14)13-6-4-3-5-7-13/h8,13H,3-7,9-11H2,1-2H3. The molecule has 1 aliphatic carbocycles. The lowest BCUT2D eigenvalue weighted by molar-refractivity contribution is 0.181. The van der Waals surface area contributed by atoms with Crippen LogP contribution < -0.4 is 0 Å². The normalized spacial score (nSPS) is 18.1. The first-order valence-electron chi connectivity index (χ1n) is 6.17. The maximum Gasteiger partial charge on any atom is 0.0351 e. The third-order valence-corrected chi connectivity index (χ3v) is 3.37. The highest BCUT2D eigenvalue weighted by Crippen LogP contribution is 2.22. The van der Waals surface area contributed by atoms with Crippen molar-refractivity contribution in [1.29, 1.82) is 0 Å². The van der Waals surface area contributed by atoms with Crippen LogP contribution in [0.2, 0.25) is 0 Å². The Morgan fingerprint density at radius 1 is 1.27 bits per heavy atom. The van der Waals surface area contributed by atoms with Gasteiger partial charge in [-0.05, 0) is 26.7 Å². The molecular formula is C13H24ClN. The largest absolute Gasteiger partial charge is 0.296 e. The summed E-state index contributed by atoms with van der Waals surface area (Å²) in [5.74, 6) is 0.757. The molecular weight excluding hydrogens is 206 g/mol. The van der Waals surface area contributed by atoms with E-state index in [1.807, 2.05) is 0 Å². The smallest absolute Gasteiger partial charge is 0.0351 e. The van der Waals surface area contributed by atoms with Gasteiger partial charge in [0.05, 0.1) is 0 Å². The minimum atomic E-state index is 0.757. The van der Waals surface area contributed by atoms with Crippen molar-refractivity contribution in [3.63, 3.8) is 0 Å². The summed E-state index contributed by atoms with van der Waals surface area (Å²) < 4.78 is 0. The summed E-state index contributed by atoms with van der Waals surface area (Å²) in [5.41, 5.74) is 1.41. The maximum atomic E-state index is 5.87. The molecule has 1 fully saturated rings. The zero-order chi connectivity index (χ0) is 11.1. The zero-order valence-corrected chi connectivity index (χ0v) is 10.9. The molecule has 1 rings (SSSR count). The molecule has 0 heterocycles. The van der Waals surface area contributed by atoms with Crippen LogP contribution in [-0.4, -0.2) is 29.9 Å². The molecule has 88 valence electrons. The van der Waals surface area contributed by atoms with Crippen molar-refractivity contribution < 1.29 is 0 Å². The summed E-state index contributed by atoms with van der Waals surface area (Å²) >= 11 is 5.87. The van der Waals surface area contributed by atoms with Gasteiger partial charge in [-0.3, -0.25) is 4.90 Å². The Balaban J connectivity index is 2.43. The van der Waals surface area contributed by atoms with Crippen molar-refractivity contribution >= 4 is 11.6 Å². The van der Waals surface area contributed by atoms with Crippen LogP contribution in [0.15, 0.2) is 11.6 Å². The fourth-order valence-corrected chi connectivity index (χ4v) is 2.49. The van der Waals surface area contributed by atoms with E-state index in [4.69, 9.17) is 11.6 Å². The van der Waals surface area contributed by atoms with Gasteiger partial charge in [0.1, 0.15) is 0 Å². The lowest BCUT2D eigenvalue weighted by Crippen LogP contribution is -2.38. The fraction of sp³-hybridized carbons (Fsp3) is 0.846. The van der Waals surface area contributed by atoms with E-state index in [0.29, 0.717) is 0 Å². The van der Waals surface area contributed by atoms with E-state index in [0.717, 1.165) is 25.0 Å². The van der Waals surface area contributed by atoms with E-state index in [2.05, 4.69) is 24.8 Å². The number of halogens is 1. The number of hydrogen-bond donors (Lipinski definition) is 0. The SMILES string of the molecule is CC(C)=CCN(CCCl)C1CCCCC1. The van der Waals surface area contributed by atoms with Crippen molar-refractivity contribution in [2.75, 3.05) is 19.0 Å². The second-order valence-electron chi connectivity index (χ2n) is 4.76. The Kier molecular flexibility index (Phi) is 6.35. The maximum absolute atomic E-state index is 5.87. The number of allylic oxidation sites excluding steroid dienone is 1. The lowest BCUT2D eigenvalue weighted by Gasteiger charge is -2.33. The highest BCUT2D eigenvalue weighted by molar-refractivity contribution is 6.18. The second kappa shape index (κ2) is 7.29. The van der Waals surface area contributed by atoms with Crippen LogP contribution in [0.4, 0.5) is 0 Å². The predicted octanol–water partition coefficient (Wildman–Crippen LogP) is 3.83. The van der Waals surface area contributed by atoms with E-state index in [1.54, 1.807) is 0 Å². The molecule has 0 atom stereocenters. The van der Waals surface area contributed by atoms with Gasteiger partial charge in [-0.25, -0.2) is 0 Å². The molecule has 1 aliphatic rings. The van der Waals surface area contributed by atoms with Gasteiger partial charge < -0.3 is 0 Å². The molecule has 15 heavy (non-hydrogen) atoms. The number of hydrogen-bond acceptors (Lipinski definition) is 1. The molecule has 0 radical (unpaired) electrons. The summed E-state index contributed by atoms with van der Waals surface area (Å²) in [7, 11) is 0. The molecule has 1 nitrogen and oxygen atoms in total. The van der Waals surface area contributed by atoms with E-state index >= 15 is 0 Å². The molecule has 0 N–H and O–H groups in total. The third kappa shape index (κ3) is 5.03. The van der Waals surface area contributed by atoms with Crippen LogP contribution in [0.5, 0.6) is 0 Å². The fourth-order valence-electron chi connectivity index (χ4n) is 2.28. The molecule has 0 saturated heterocycles. The van der Waals surface area contributed by atoms with Crippen molar-refractivity contribution in [2.24, 2.45) is 0 Å². The average molecular weight is 230 g/mol. The zero-order valence-electron chi connectivity index (χ0n) is 10.1. The minimum Gasteiger partial charge on any atom is -0.296 e. The number of rotatable bonds is 5. The second-order valence-corrected chi connectivity index (χ2v) is 5.14. The van der Waals surface area contributed by atoms with Crippen LogP contribution in [0.25, 0.3) is 0 Å². The number of alkyl halides is 1. The molecule has 1 saturated carbocycles. The Morgan fingerprint density at radius 3 is 2.47 bits per heavy atom. The molecule has 0 amide bonds. The first-order valence-corrected chi connectivity index (χ1v) is 6.71. The van der Waals surface area contributed by atoms with Crippen molar-refractivity contribution in [3.8, 4) is 0 Å². The van der Waals surface area contributed by atoms with Gasteiger partial charge in [-0.1, -0.05) is 30.9 Å². The molecule has 0 aromatic heterocycles. The summed E-state index contributed by atoms with van der Waals surface area (Å²) in [6, 6.07) is 0.785. The molecule has 2 heteroatoms. The Labute approximate surface area is 99.5 Å². The van der Waals surface area contributed by atoms with Crippen molar-refractivity contribution in [2.45, 2.75) is 52.0 Å². The third-order valence-electron chi connectivity index (χ3n) is 3.20. The summed E-state index contributed by atoms with van der Waals surface area (Å²) in [5, 5.41) is 0. The monoisotopic (exact) mass is 229 g/mol. The van der Waals surface area contributed by atoms with E-state index in [9.17, 15) is 0 Å². The summed E-state index contributed by atoms with van der Waals surface area (Å²) in [4.78, 5) is 2.55. The van der Waals surface area contributed by atoms with Gasteiger partial charge >= 0.3 is 0 Å². The Hall–Kier alpha value is -0.0100. The number of nitrogens with zero attached hydrogens (tertiary/aromatic N) is 1. The Bertz CT molecular complexity index is 191. The molecule has 0 aliphatic heterocycles. The summed E-state index contributed by atoms with van der Waals surface area (Å²) in [6.45, 7) is 6.45. The highest BCUT2D eigenvalue weighted by Gasteiger charge is 2.19. The summed E-state index contributed by atoms with van der Waals surface area (Å²) in [6.07, 6.45) is 9.28. The van der Waals surface area contributed by atoms with E-state index in [1.165, 1.54) is 37.7 Å². The van der Waals surface area contributed by atoms with Gasteiger partial charge in [0, 0.05) is 25.0 Å². The molecule has 0 spiro atoms. The first-order chi connectivity index (χ1) is 7.24. The molecule has 0 bridgehead atoms. The van der Waals surface area contributed by atoms with Crippen molar-refractivity contribution in [3.05, 3.63) is 11.6 Å². The quantitative estimate of drug-likeness (QED) is 0.512. The van der Waals surface area contributed by atoms with Crippen LogP contribution in [0.3, 0.4) is 0 Å². The van der Waals surface area contributed by atoms with Crippen molar-refractivity contribution in [1.82, 2.24) is 4.90 Å². The molecule has 0 aromatic rings. The van der Waals surface area contributed by atoms with Crippen LogP contribution >= 0.6 is 11.6 Å². The van der Waals surface area contributed by atoms with Gasteiger partial charge in [0.25, 0.3) is 0 Å². The molecule has 0 aromatic carbocycles. The lowest BCUT2D eigenvalue weighted by atomic mass is 9.94. The van der Waals surface area contributed by atoms with Crippen LogP contribution in [0, 0.1) is 0 Å². The first kappa shape index (κ1) is 13.1.